The number of ether oxygens (including phenoxy) is 1. The molecule has 4 nitrogen and oxygen atoms in total. The smallest absolute Gasteiger partial charge is 0.261 e. The second-order valence-electron chi connectivity index (χ2n) is 4.80. The summed E-state index contributed by atoms with van der Waals surface area (Å²) in [4.78, 5) is 12.8. The maximum atomic E-state index is 12.1. The van der Waals surface area contributed by atoms with Gasteiger partial charge < -0.3 is 15.2 Å². The summed E-state index contributed by atoms with van der Waals surface area (Å²) < 4.78 is 5.07. The highest BCUT2D eigenvalue weighted by atomic mass is 32.1. The Labute approximate surface area is 111 Å². The van der Waals surface area contributed by atoms with Gasteiger partial charge in [0.05, 0.1) is 24.1 Å². The molecule has 1 amide bonds. The van der Waals surface area contributed by atoms with Crippen LogP contribution in [0.5, 0.6) is 5.75 Å². The summed E-state index contributed by atoms with van der Waals surface area (Å²) in [5, 5.41) is 14.4. The number of amides is 1. The third-order valence-corrected chi connectivity index (χ3v) is 4.43. The van der Waals surface area contributed by atoms with Gasteiger partial charge in [-0.1, -0.05) is 19.3 Å². The normalized spacial score (nSPS) is 18.3. The molecule has 0 bridgehead atoms. The molecule has 0 spiro atoms. The molecule has 18 heavy (non-hydrogen) atoms. The van der Waals surface area contributed by atoms with E-state index in [1.807, 2.05) is 0 Å². The monoisotopic (exact) mass is 269 g/mol. The van der Waals surface area contributed by atoms with E-state index < -0.39 is 5.54 Å². The molecule has 1 aliphatic carbocycles. The lowest BCUT2D eigenvalue weighted by Crippen LogP contribution is -2.52. The van der Waals surface area contributed by atoms with Gasteiger partial charge >= 0.3 is 0 Å². The van der Waals surface area contributed by atoms with Crippen molar-refractivity contribution in [2.24, 2.45) is 0 Å². The highest BCUT2D eigenvalue weighted by molar-refractivity contribution is 7.12. The zero-order chi connectivity index (χ0) is 13.0. The molecule has 2 rings (SSSR count). The van der Waals surface area contributed by atoms with Crippen molar-refractivity contribution < 1.29 is 14.6 Å². The van der Waals surface area contributed by atoms with E-state index in [1.165, 1.54) is 17.8 Å². The molecule has 0 unspecified atom stereocenters. The van der Waals surface area contributed by atoms with Gasteiger partial charge in [-0.15, -0.1) is 11.3 Å². The Morgan fingerprint density at radius 1 is 1.50 bits per heavy atom. The fourth-order valence-electron chi connectivity index (χ4n) is 2.40. The molecule has 0 aromatic carbocycles. The minimum Gasteiger partial charge on any atom is -0.496 e. The van der Waals surface area contributed by atoms with Crippen LogP contribution in [0.3, 0.4) is 0 Å². The number of thiophene rings is 1. The predicted molar refractivity (Wildman–Crippen MR) is 71.2 cm³/mol. The van der Waals surface area contributed by atoms with Crippen LogP contribution in [0.15, 0.2) is 11.4 Å². The average molecular weight is 269 g/mol. The molecule has 5 heteroatoms. The van der Waals surface area contributed by atoms with Crippen molar-refractivity contribution in [1.82, 2.24) is 5.32 Å². The SMILES string of the molecule is COc1csc(C(=O)NC2(CO)CCCCC2)c1. The standard InChI is InChI=1S/C13H19NO3S/c1-17-10-7-11(18-8-10)12(16)14-13(9-15)5-3-2-4-6-13/h7-8,15H,2-6,9H2,1H3,(H,14,16). The Kier molecular flexibility index (Phi) is 4.24. The van der Waals surface area contributed by atoms with Gasteiger partial charge in [0, 0.05) is 11.4 Å². The van der Waals surface area contributed by atoms with E-state index in [4.69, 9.17) is 4.74 Å². The Morgan fingerprint density at radius 3 is 2.78 bits per heavy atom. The molecule has 0 aliphatic heterocycles. The van der Waals surface area contributed by atoms with Crippen LogP contribution in [-0.2, 0) is 0 Å². The number of hydrogen-bond donors (Lipinski definition) is 2. The van der Waals surface area contributed by atoms with Gasteiger partial charge in [0.2, 0.25) is 0 Å². The van der Waals surface area contributed by atoms with Gasteiger partial charge in [0.1, 0.15) is 5.75 Å². The summed E-state index contributed by atoms with van der Waals surface area (Å²) in [5.41, 5.74) is -0.424. The Morgan fingerprint density at radius 2 is 2.22 bits per heavy atom. The van der Waals surface area contributed by atoms with Crippen molar-refractivity contribution in [3.63, 3.8) is 0 Å². The summed E-state index contributed by atoms with van der Waals surface area (Å²) >= 11 is 1.36. The van der Waals surface area contributed by atoms with Gasteiger partial charge in [0.15, 0.2) is 0 Å². The first-order valence-electron chi connectivity index (χ1n) is 6.25. The highest BCUT2D eigenvalue weighted by Crippen LogP contribution is 2.29. The number of rotatable bonds is 4. The van der Waals surface area contributed by atoms with Crippen LogP contribution in [0, 0.1) is 0 Å². The fraction of sp³-hybridized carbons (Fsp3) is 0.615. The lowest BCUT2D eigenvalue weighted by molar-refractivity contribution is 0.0762. The largest absolute Gasteiger partial charge is 0.496 e. The maximum Gasteiger partial charge on any atom is 0.261 e. The van der Waals surface area contributed by atoms with Crippen LogP contribution in [0.1, 0.15) is 41.8 Å². The van der Waals surface area contributed by atoms with Gasteiger partial charge in [-0.05, 0) is 12.8 Å². The zero-order valence-electron chi connectivity index (χ0n) is 10.6. The van der Waals surface area contributed by atoms with Crippen molar-refractivity contribution in [1.29, 1.82) is 0 Å². The van der Waals surface area contributed by atoms with Gasteiger partial charge in [-0.3, -0.25) is 4.79 Å². The topological polar surface area (TPSA) is 58.6 Å². The Balaban J connectivity index is 2.04. The number of carbonyl (C=O) groups excluding carboxylic acids is 1. The first kappa shape index (κ1) is 13.4. The molecule has 100 valence electrons. The first-order valence-corrected chi connectivity index (χ1v) is 7.13. The minimum absolute atomic E-state index is 0.0151. The lowest BCUT2D eigenvalue weighted by atomic mass is 9.82. The van der Waals surface area contributed by atoms with Gasteiger partial charge in [0.25, 0.3) is 5.91 Å². The maximum absolute atomic E-state index is 12.1. The van der Waals surface area contributed by atoms with Gasteiger partial charge in [-0.25, -0.2) is 0 Å². The van der Waals surface area contributed by atoms with Crippen LogP contribution in [0.4, 0.5) is 0 Å². The predicted octanol–water partition coefficient (Wildman–Crippen LogP) is 2.18. The average Bonchev–Trinajstić information content (AvgIpc) is 2.88. The van der Waals surface area contributed by atoms with E-state index in [1.54, 1.807) is 18.6 Å². The van der Waals surface area contributed by atoms with Crippen molar-refractivity contribution >= 4 is 17.2 Å². The molecule has 1 heterocycles. The quantitative estimate of drug-likeness (QED) is 0.881. The zero-order valence-corrected chi connectivity index (χ0v) is 11.4. The molecule has 0 saturated heterocycles. The number of carbonyl (C=O) groups is 1. The van der Waals surface area contributed by atoms with Gasteiger partial charge in [-0.2, -0.15) is 0 Å². The second-order valence-corrected chi connectivity index (χ2v) is 5.72. The van der Waals surface area contributed by atoms with E-state index in [0.717, 1.165) is 25.7 Å². The van der Waals surface area contributed by atoms with Crippen LogP contribution in [0.25, 0.3) is 0 Å². The molecule has 1 aromatic rings. The van der Waals surface area contributed by atoms with E-state index in [9.17, 15) is 9.90 Å². The lowest BCUT2D eigenvalue weighted by Gasteiger charge is -2.36. The minimum atomic E-state index is -0.424. The molecule has 1 aromatic heterocycles. The van der Waals surface area contributed by atoms with Crippen molar-refractivity contribution in [2.75, 3.05) is 13.7 Å². The Bertz CT molecular complexity index is 410. The molecule has 0 atom stereocenters. The summed E-state index contributed by atoms with van der Waals surface area (Å²) in [6.45, 7) is 0.0151. The van der Waals surface area contributed by atoms with Crippen molar-refractivity contribution in [3.8, 4) is 5.75 Å². The molecule has 2 N–H and O–H groups in total. The van der Waals surface area contributed by atoms with Crippen LogP contribution >= 0.6 is 11.3 Å². The van der Waals surface area contributed by atoms with E-state index in [-0.39, 0.29) is 12.5 Å². The highest BCUT2D eigenvalue weighted by Gasteiger charge is 2.33. The number of aliphatic hydroxyl groups excluding tert-OH is 1. The number of methoxy groups -OCH3 is 1. The number of nitrogens with one attached hydrogen (secondary N) is 1. The van der Waals surface area contributed by atoms with Crippen molar-refractivity contribution in [3.05, 3.63) is 16.3 Å². The number of hydrogen-bond acceptors (Lipinski definition) is 4. The molecule has 1 aliphatic rings. The van der Waals surface area contributed by atoms with E-state index in [2.05, 4.69) is 5.32 Å². The molecule has 1 saturated carbocycles. The second kappa shape index (κ2) is 5.71. The third kappa shape index (κ3) is 2.84. The summed E-state index contributed by atoms with van der Waals surface area (Å²) in [5.74, 6) is 0.589. The molecule has 0 radical (unpaired) electrons. The van der Waals surface area contributed by atoms with Crippen LogP contribution < -0.4 is 10.1 Å². The first-order chi connectivity index (χ1) is 8.69. The Hall–Kier alpha value is -1.07. The summed E-state index contributed by atoms with van der Waals surface area (Å²) in [6.07, 6.45) is 5.03. The van der Waals surface area contributed by atoms with E-state index in [0.29, 0.717) is 10.6 Å². The van der Waals surface area contributed by atoms with Crippen LogP contribution in [-0.4, -0.2) is 30.3 Å². The number of aliphatic hydroxyl groups is 1. The summed E-state index contributed by atoms with van der Waals surface area (Å²) in [6, 6.07) is 1.73. The fourth-order valence-corrected chi connectivity index (χ4v) is 3.15. The molecular formula is C13H19NO3S. The third-order valence-electron chi connectivity index (χ3n) is 3.53. The molecule has 1 fully saturated rings. The molecular weight excluding hydrogens is 250 g/mol. The van der Waals surface area contributed by atoms with Crippen LogP contribution in [0.2, 0.25) is 0 Å². The van der Waals surface area contributed by atoms with E-state index >= 15 is 0 Å². The summed E-state index contributed by atoms with van der Waals surface area (Å²) in [7, 11) is 1.58. The van der Waals surface area contributed by atoms with Crippen molar-refractivity contribution in [2.45, 2.75) is 37.6 Å².